The summed E-state index contributed by atoms with van der Waals surface area (Å²) >= 11 is 1.51. The molecule has 1 unspecified atom stereocenters. The molecule has 0 fully saturated rings. The molecule has 6 heteroatoms. The van der Waals surface area contributed by atoms with E-state index >= 15 is 0 Å². The van der Waals surface area contributed by atoms with Crippen LogP contribution in [0.25, 0.3) is 0 Å². The van der Waals surface area contributed by atoms with Gasteiger partial charge in [-0.15, -0.1) is 11.3 Å². The summed E-state index contributed by atoms with van der Waals surface area (Å²) in [6, 6.07) is 5.61. The van der Waals surface area contributed by atoms with Crippen molar-refractivity contribution in [1.29, 1.82) is 0 Å². The molecule has 1 aromatic heterocycles. The van der Waals surface area contributed by atoms with Gasteiger partial charge in [0.2, 0.25) is 0 Å². The largest absolute Gasteiger partial charge is 0.416 e. The Morgan fingerprint density at radius 2 is 2.00 bits per heavy atom. The Balaban J connectivity index is 2.10. The minimum Gasteiger partial charge on any atom is -0.305 e. The van der Waals surface area contributed by atoms with Crippen LogP contribution in [0.3, 0.4) is 0 Å². The zero-order chi connectivity index (χ0) is 14.8. The van der Waals surface area contributed by atoms with Gasteiger partial charge >= 0.3 is 6.18 Å². The summed E-state index contributed by atoms with van der Waals surface area (Å²) in [6.45, 7) is 4.00. The Kier molecular flexibility index (Phi) is 4.45. The number of benzene rings is 1. The molecule has 1 heterocycles. The van der Waals surface area contributed by atoms with Crippen LogP contribution in [0.2, 0.25) is 0 Å². The second-order valence-electron chi connectivity index (χ2n) is 4.56. The zero-order valence-corrected chi connectivity index (χ0v) is 12.0. The molecule has 1 aromatic carbocycles. The molecular weight excluding hydrogens is 285 g/mol. The number of nitrogens with one attached hydrogen (secondary N) is 1. The first-order chi connectivity index (χ1) is 9.39. The molecule has 108 valence electrons. The number of aryl methyl sites for hydroxylation is 1. The number of alkyl halides is 3. The van der Waals surface area contributed by atoms with Crippen LogP contribution in [-0.2, 0) is 12.7 Å². The van der Waals surface area contributed by atoms with Crippen molar-refractivity contribution in [2.45, 2.75) is 32.6 Å². The smallest absolute Gasteiger partial charge is 0.305 e. The van der Waals surface area contributed by atoms with Crippen LogP contribution in [0.1, 0.15) is 34.7 Å². The fraction of sp³-hybridized carbons (Fsp3) is 0.357. The van der Waals surface area contributed by atoms with Crippen molar-refractivity contribution in [3.8, 4) is 0 Å². The lowest BCUT2D eigenvalue weighted by Gasteiger charge is -2.16. The molecule has 0 saturated heterocycles. The minimum absolute atomic E-state index is 0.0243. The van der Waals surface area contributed by atoms with Crippen molar-refractivity contribution in [2.24, 2.45) is 0 Å². The van der Waals surface area contributed by atoms with Crippen LogP contribution in [-0.4, -0.2) is 4.98 Å². The third-order valence-electron chi connectivity index (χ3n) is 3.10. The molecule has 0 aliphatic heterocycles. The summed E-state index contributed by atoms with van der Waals surface area (Å²) in [5, 5.41) is 3.13. The van der Waals surface area contributed by atoms with Gasteiger partial charge in [-0.1, -0.05) is 18.2 Å². The molecule has 2 nitrogen and oxygen atoms in total. The van der Waals surface area contributed by atoms with Crippen LogP contribution in [0, 0.1) is 6.92 Å². The van der Waals surface area contributed by atoms with E-state index in [1.165, 1.54) is 23.5 Å². The van der Waals surface area contributed by atoms with Crippen molar-refractivity contribution in [3.63, 3.8) is 0 Å². The highest BCUT2D eigenvalue weighted by atomic mass is 32.1. The van der Waals surface area contributed by atoms with Crippen molar-refractivity contribution >= 4 is 11.3 Å². The van der Waals surface area contributed by atoms with Crippen molar-refractivity contribution in [1.82, 2.24) is 10.3 Å². The third-order valence-corrected chi connectivity index (χ3v) is 4.21. The van der Waals surface area contributed by atoms with E-state index in [2.05, 4.69) is 10.3 Å². The summed E-state index contributed by atoms with van der Waals surface area (Å²) in [4.78, 5) is 5.20. The SMILES string of the molecule is Cc1ncsc1C(C)NCc1ccccc1C(F)(F)F. The normalized spacial score (nSPS) is 13.4. The Morgan fingerprint density at radius 1 is 1.30 bits per heavy atom. The molecule has 0 aliphatic rings. The van der Waals surface area contributed by atoms with Crippen LogP contribution < -0.4 is 5.32 Å². The summed E-state index contributed by atoms with van der Waals surface area (Å²) in [5.41, 5.74) is 2.33. The average Bonchev–Trinajstić information content (AvgIpc) is 2.81. The van der Waals surface area contributed by atoms with Gasteiger partial charge in [0, 0.05) is 17.5 Å². The molecule has 0 aliphatic carbocycles. The summed E-state index contributed by atoms with van der Waals surface area (Å²) in [7, 11) is 0. The van der Waals surface area contributed by atoms with E-state index in [-0.39, 0.29) is 18.2 Å². The maximum atomic E-state index is 12.9. The van der Waals surface area contributed by atoms with E-state index in [4.69, 9.17) is 0 Å². The monoisotopic (exact) mass is 300 g/mol. The van der Waals surface area contributed by atoms with Gasteiger partial charge in [0.05, 0.1) is 16.8 Å². The number of hydrogen-bond donors (Lipinski definition) is 1. The third kappa shape index (κ3) is 3.37. The van der Waals surface area contributed by atoms with Gasteiger partial charge in [-0.05, 0) is 25.5 Å². The predicted octanol–water partition coefficient (Wildman–Crippen LogP) is 4.32. The second kappa shape index (κ2) is 5.93. The maximum absolute atomic E-state index is 12.9. The summed E-state index contributed by atoms with van der Waals surface area (Å²) in [5.74, 6) is 0. The van der Waals surface area contributed by atoms with Crippen LogP contribution in [0.4, 0.5) is 13.2 Å². The highest BCUT2D eigenvalue weighted by Gasteiger charge is 2.32. The van der Waals surface area contributed by atoms with Gasteiger partial charge in [0.1, 0.15) is 0 Å². The molecule has 0 bridgehead atoms. The van der Waals surface area contributed by atoms with E-state index in [0.29, 0.717) is 0 Å². The van der Waals surface area contributed by atoms with Gasteiger partial charge in [0.25, 0.3) is 0 Å². The molecule has 2 rings (SSSR count). The molecular formula is C14H15F3N2S. The number of nitrogens with zero attached hydrogens (tertiary/aromatic N) is 1. The molecule has 20 heavy (non-hydrogen) atoms. The number of aromatic nitrogens is 1. The Morgan fingerprint density at radius 3 is 2.60 bits per heavy atom. The predicted molar refractivity (Wildman–Crippen MR) is 73.5 cm³/mol. The molecule has 0 radical (unpaired) electrons. The number of thiazole rings is 1. The minimum atomic E-state index is -4.32. The highest BCUT2D eigenvalue weighted by Crippen LogP contribution is 2.32. The van der Waals surface area contributed by atoms with E-state index in [1.807, 2.05) is 13.8 Å². The van der Waals surface area contributed by atoms with E-state index in [0.717, 1.165) is 16.6 Å². The standard InChI is InChI=1S/C14H15F3N2S/c1-9(13-10(2)19-8-20-13)18-7-11-5-3-4-6-12(11)14(15,16)17/h3-6,8-9,18H,7H2,1-2H3. The van der Waals surface area contributed by atoms with Crippen molar-refractivity contribution in [2.75, 3.05) is 0 Å². The molecule has 1 N–H and O–H groups in total. The highest BCUT2D eigenvalue weighted by molar-refractivity contribution is 7.09. The van der Waals surface area contributed by atoms with E-state index in [1.54, 1.807) is 11.6 Å². The maximum Gasteiger partial charge on any atom is 0.416 e. The first-order valence-corrected chi connectivity index (χ1v) is 7.06. The first kappa shape index (κ1) is 15.0. The number of rotatable bonds is 4. The summed E-state index contributed by atoms with van der Waals surface area (Å²) in [6.07, 6.45) is -4.32. The Labute approximate surface area is 119 Å². The van der Waals surface area contributed by atoms with Gasteiger partial charge in [-0.3, -0.25) is 0 Å². The summed E-state index contributed by atoms with van der Waals surface area (Å²) < 4.78 is 38.6. The quantitative estimate of drug-likeness (QED) is 0.909. The molecule has 1 atom stereocenters. The second-order valence-corrected chi connectivity index (χ2v) is 5.45. The lowest BCUT2D eigenvalue weighted by Crippen LogP contribution is -2.20. The van der Waals surface area contributed by atoms with Crippen molar-refractivity contribution < 1.29 is 13.2 Å². The lowest BCUT2D eigenvalue weighted by molar-refractivity contribution is -0.138. The van der Waals surface area contributed by atoms with Crippen LogP contribution in [0.15, 0.2) is 29.8 Å². The number of halogens is 3. The fourth-order valence-electron chi connectivity index (χ4n) is 2.03. The van der Waals surface area contributed by atoms with Gasteiger partial charge < -0.3 is 5.32 Å². The molecule has 2 aromatic rings. The lowest BCUT2D eigenvalue weighted by atomic mass is 10.1. The van der Waals surface area contributed by atoms with Gasteiger partial charge in [-0.2, -0.15) is 13.2 Å². The Bertz CT molecular complexity index is 578. The van der Waals surface area contributed by atoms with Crippen molar-refractivity contribution in [3.05, 3.63) is 51.5 Å². The van der Waals surface area contributed by atoms with Gasteiger partial charge in [-0.25, -0.2) is 4.98 Å². The molecule has 0 amide bonds. The zero-order valence-electron chi connectivity index (χ0n) is 11.2. The van der Waals surface area contributed by atoms with Crippen LogP contribution >= 0.6 is 11.3 Å². The van der Waals surface area contributed by atoms with Crippen LogP contribution in [0.5, 0.6) is 0 Å². The topological polar surface area (TPSA) is 24.9 Å². The molecule has 0 spiro atoms. The fourth-order valence-corrected chi connectivity index (χ4v) is 2.87. The first-order valence-electron chi connectivity index (χ1n) is 6.18. The van der Waals surface area contributed by atoms with E-state index in [9.17, 15) is 13.2 Å². The van der Waals surface area contributed by atoms with E-state index < -0.39 is 11.7 Å². The molecule has 0 saturated carbocycles. The number of hydrogen-bond acceptors (Lipinski definition) is 3. The Hall–Kier alpha value is -1.40. The van der Waals surface area contributed by atoms with Gasteiger partial charge in [0.15, 0.2) is 0 Å². The average molecular weight is 300 g/mol.